The largest absolute Gasteiger partial charge is 0.750 e. The molecule has 2 radical (unpaired) electrons. The molecule has 106 valence electrons. The fraction of sp³-hybridized carbons (Fsp3) is 0.875. The van der Waals surface area contributed by atoms with Crippen molar-refractivity contribution in [2.24, 2.45) is 0 Å². The Labute approximate surface area is 125 Å². The Balaban J connectivity index is -0.000000105. The van der Waals surface area contributed by atoms with Crippen molar-refractivity contribution in [1.29, 1.82) is 0 Å². The molecule has 0 spiro atoms. The first-order valence-electron chi connectivity index (χ1n) is 4.48. The zero-order valence-corrected chi connectivity index (χ0v) is 13.2. The van der Waals surface area contributed by atoms with E-state index in [4.69, 9.17) is 18.1 Å². The Kier molecular flexibility index (Phi) is 33.8. The average molecular weight is 481 g/mol. The molecular formula is C8H17AuCoO5S-. The second-order valence-electron chi connectivity index (χ2n) is 2.48. The quantitative estimate of drug-likeness (QED) is 0.278. The predicted octanol–water partition coefficient (Wildman–Crippen LogP) is 1.46. The molecule has 0 amide bonds. The average Bonchev–Trinajstić information content (AvgIpc) is 2.04. The molecule has 16 heavy (non-hydrogen) atoms. The van der Waals surface area contributed by atoms with E-state index in [1.54, 1.807) is 0 Å². The summed E-state index contributed by atoms with van der Waals surface area (Å²) >= 11 is -2.86. The van der Waals surface area contributed by atoms with E-state index in [2.05, 4.69) is 6.92 Å². The minimum Gasteiger partial charge on any atom is -0.750 e. The molecule has 0 aliphatic carbocycles. The smallest absolute Gasteiger partial charge is 0.305 e. The standard InChI is InChI=1S/C8H16O2.Au.Co.H2O3S/c1-3-5-6-7-8(9)10-4-2;;;1-4(2)3/h3-7H2,1-2H3;;;(H2,1,2,3)/p-1. The number of carbonyl (C=O) groups is 1. The first-order valence-corrected chi connectivity index (χ1v) is 5.51. The summed E-state index contributed by atoms with van der Waals surface area (Å²) in [7, 11) is 0. The minimum absolute atomic E-state index is 0. The van der Waals surface area contributed by atoms with Crippen molar-refractivity contribution in [3.8, 4) is 0 Å². The second kappa shape index (κ2) is 21.1. The zero-order valence-electron chi connectivity index (χ0n) is 9.16. The van der Waals surface area contributed by atoms with Crippen LogP contribution >= 0.6 is 0 Å². The third-order valence-electron chi connectivity index (χ3n) is 1.29. The molecule has 0 aliphatic rings. The van der Waals surface area contributed by atoms with Crippen molar-refractivity contribution < 1.29 is 62.0 Å². The second-order valence-corrected chi connectivity index (χ2v) is 2.91. The van der Waals surface area contributed by atoms with Crippen LogP contribution in [0.15, 0.2) is 0 Å². The summed E-state index contributed by atoms with van der Waals surface area (Å²) < 4.78 is 28.8. The normalized spacial score (nSPS) is 9.75. The van der Waals surface area contributed by atoms with Crippen LogP contribution in [0, 0.1) is 0 Å². The molecular weight excluding hydrogens is 464 g/mol. The first kappa shape index (κ1) is 25.6. The van der Waals surface area contributed by atoms with Gasteiger partial charge in [0.2, 0.25) is 0 Å². The van der Waals surface area contributed by atoms with E-state index < -0.39 is 11.4 Å². The van der Waals surface area contributed by atoms with Gasteiger partial charge in [-0.3, -0.25) is 4.79 Å². The van der Waals surface area contributed by atoms with Crippen molar-refractivity contribution >= 4 is 17.3 Å². The van der Waals surface area contributed by atoms with Gasteiger partial charge in [-0.15, -0.1) is 0 Å². The van der Waals surface area contributed by atoms with Gasteiger partial charge in [-0.2, -0.15) is 0 Å². The zero-order chi connectivity index (χ0) is 11.4. The topological polar surface area (TPSA) is 86.7 Å². The third-order valence-corrected chi connectivity index (χ3v) is 1.29. The molecule has 0 fully saturated rings. The summed E-state index contributed by atoms with van der Waals surface area (Å²) in [5.74, 6) is -0.0593. The molecule has 0 aromatic heterocycles. The molecule has 0 bridgehead atoms. The molecule has 0 heterocycles. The number of hydrogen-bond donors (Lipinski definition) is 1. The van der Waals surface area contributed by atoms with Gasteiger partial charge >= 0.3 is 5.97 Å². The van der Waals surface area contributed by atoms with Crippen molar-refractivity contribution in [3.05, 3.63) is 0 Å². The molecule has 8 heteroatoms. The summed E-state index contributed by atoms with van der Waals surface area (Å²) in [5.41, 5.74) is 0. The van der Waals surface area contributed by atoms with Crippen LogP contribution in [-0.2, 0) is 60.1 Å². The Hall–Kier alpha value is 0.787. The Morgan fingerprint density at radius 2 is 1.81 bits per heavy atom. The summed E-state index contributed by atoms with van der Waals surface area (Å²) in [6.45, 7) is 4.45. The maximum Gasteiger partial charge on any atom is 0.305 e. The van der Waals surface area contributed by atoms with Crippen LogP contribution in [0.4, 0.5) is 0 Å². The van der Waals surface area contributed by atoms with Crippen molar-refractivity contribution in [3.63, 3.8) is 0 Å². The van der Waals surface area contributed by atoms with Gasteiger partial charge in [-0.1, -0.05) is 19.8 Å². The third kappa shape index (κ3) is 36.4. The molecule has 5 nitrogen and oxygen atoms in total. The molecule has 0 saturated carbocycles. The number of ether oxygens (including phenoxy) is 1. The summed E-state index contributed by atoms with van der Waals surface area (Å²) in [4.78, 5) is 10.7. The number of rotatable bonds is 5. The maximum absolute atomic E-state index is 10.7. The van der Waals surface area contributed by atoms with E-state index in [9.17, 15) is 4.79 Å². The predicted molar refractivity (Wildman–Crippen MR) is 52.3 cm³/mol. The van der Waals surface area contributed by atoms with Gasteiger partial charge in [0.05, 0.1) is 18.0 Å². The SMILES string of the molecule is CCCCCC(=O)OCC.O=S([O-])O.[Au].[Co]. The minimum atomic E-state index is -2.86. The molecule has 0 rings (SSSR count). The summed E-state index contributed by atoms with van der Waals surface area (Å²) in [6, 6.07) is 0. The maximum atomic E-state index is 10.7. The van der Waals surface area contributed by atoms with Crippen LogP contribution < -0.4 is 0 Å². The van der Waals surface area contributed by atoms with E-state index in [0.717, 1.165) is 19.3 Å². The Morgan fingerprint density at radius 1 is 1.38 bits per heavy atom. The Morgan fingerprint density at radius 3 is 2.12 bits per heavy atom. The fourth-order valence-electron chi connectivity index (χ4n) is 0.752. The van der Waals surface area contributed by atoms with Gasteiger partial charge < -0.3 is 13.8 Å². The van der Waals surface area contributed by atoms with E-state index in [1.807, 2.05) is 6.92 Å². The van der Waals surface area contributed by atoms with Gasteiger partial charge in [0, 0.05) is 45.6 Å². The molecule has 0 aromatic carbocycles. The number of esters is 1. The van der Waals surface area contributed by atoms with Crippen molar-refractivity contribution in [1.82, 2.24) is 0 Å². The molecule has 0 saturated heterocycles. The first-order chi connectivity index (χ1) is 6.54. The monoisotopic (exact) mass is 481 g/mol. The molecule has 1 unspecified atom stereocenters. The summed E-state index contributed by atoms with van der Waals surface area (Å²) in [5, 5.41) is 0. The Bertz CT molecular complexity index is 167. The summed E-state index contributed by atoms with van der Waals surface area (Å²) in [6.07, 6.45) is 3.83. The van der Waals surface area contributed by atoms with E-state index in [-0.39, 0.29) is 45.1 Å². The van der Waals surface area contributed by atoms with E-state index >= 15 is 0 Å². The van der Waals surface area contributed by atoms with E-state index in [1.165, 1.54) is 0 Å². The van der Waals surface area contributed by atoms with Crippen LogP contribution in [0.25, 0.3) is 0 Å². The van der Waals surface area contributed by atoms with Gasteiger partial charge in [-0.05, 0) is 13.3 Å². The van der Waals surface area contributed by atoms with Gasteiger partial charge in [0.1, 0.15) is 0 Å². The number of carbonyl (C=O) groups excluding carboxylic acids is 1. The molecule has 1 atom stereocenters. The van der Waals surface area contributed by atoms with Crippen molar-refractivity contribution in [2.75, 3.05) is 6.61 Å². The van der Waals surface area contributed by atoms with Crippen LogP contribution in [0.2, 0.25) is 0 Å². The van der Waals surface area contributed by atoms with Crippen LogP contribution in [0.5, 0.6) is 0 Å². The molecule has 1 N–H and O–H groups in total. The van der Waals surface area contributed by atoms with Crippen LogP contribution in [0.1, 0.15) is 39.5 Å². The van der Waals surface area contributed by atoms with Crippen LogP contribution in [-0.4, -0.2) is 25.9 Å². The van der Waals surface area contributed by atoms with Crippen molar-refractivity contribution in [2.45, 2.75) is 39.5 Å². The van der Waals surface area contributed by atoms with E-state index in [0.29, 0.717) is 13.0 Å². The van der Waals surface area contributed by atoms with Gasteiger partial charge in [-0.25, -0.2) is 4.21 Å². The van der Waals surface area contributed by atoms with Gasteiger partial charge in [0.15, 0.2) is 0 Å². The fourth-order valence-corrected chi connectivity index (χ4v) is 0.752. The molecule has 0 aromatic rings. The molecule has 0 aliphatic heterocycles. The number of unbranched alkanes of at least 4 members (excludes halogenated alkanes) is 2. The van der Waals surface area contributed by atoms with Gasteiger partial charge in [0.25, 0.3) is 0 Å². The van der Waals surface area contributed by atoms with Crippen LogP contribution in [0.3, 0.4) is 0 Å². The number of hydrogen-bond acceptors (Lipinski definition) is 4.